The first kappa shape index (κ1) is 13.6. The quantitative estimate of drug-likeness (QED) is 0.913. The topological polar surface area (TPSA) is 64.9 Å². The van der Waals surface area contributed by atoms with Gasteiger partial charge in [0.25, 0.3) is 0 Å². The molecule has 96 valence electrons. The molecular weight excluding hydrogens is 314 g/mol. The van der Waals surface area contributed by atoms with Gasteiger partial charge in [-0.2, -0.15) is 16.7 Å². The van der Waals surface area contributed by atoms with Crippen molar-refractivity contribution in [3.8, 4) is 11.4 Å². The third kappa shape index (κ3) is 3.13. The molecule has 6 heteroatoms. The van der Waals surface area contributed by atoms with E-state index >= 15 is 0 Å². The second-order valence-corrected chi connectivity index (χ2v) is 5.66. The number of hydrogen-bond acceptors (Lipinski definition) is 5. The van der Waals surface area contributed by atoms with Gasteiger partial charge in [-0.1, -0.05) is 33.2 Å². The molecular formula is C12H14BrN3OS. The third-order valence-corrected chi connectivity index (χ3v) is 3.84. The van der Waals surface area contributed by atoms with Crippen molar-refractivity contribution in [3.63, 3.8) is 0 Å². The predicted molar refractivity (Wildman–Crippen MR) is 77.4 cm³/mol. The van der Waals surface area contributed by atoms with Crippen LogP contribution in [-0.4, -0.2) is 22.1 Å². The first-order valence-electron chi connectivity index (χ1n) is 5.55. The van der Waals surface area contributed by atoms with Gasteiger partial charge in [0.15, 0.2) is 0 Å². The fourth-order valence-electron chi connectivity index (χ4n) is 1.51. The van der Waals surface area contributed by atoms with Crippen molar-refractivity contribution in [2.24, 2.45) is 5.73 Å². The van der Waals surface area contributed by atoms with Gasteiger partial charge in [-0.25, -0.2) is 0 Å². The number of hydrogen-bond donors (Lipinski definition) is 1. The van der Waals surface area contributed by atoms with Gasteiger partial charge in [-0.3, -0.25) is 0 Å². The lowest BCUT2D eigenvalue weighted by atomic mass is 10.2. The highest BCUT2D eigenvalue weighted by atomic mass is 79.9. The molecule has 2 N–H and O–H groups in total. The summed E-state index contributed by atoms with van der Waals surface area (Å²) < 4.78 is 6.16. The molecule has 4 nitrogen and oxygen atoms in total. The van der Waals surface area contributed by atoms with E-state index in [0.29, 0.717) is 11.7 Å². The van der Waals surface area contributed by atoms with Gasteiger partial charge in [0.2, 0.25) is 11.7 Å². The normalized spacial score (nSPS) is 12.6. The van der Waals surface area contributed by atoms with Crippen LogP contribution >= 0.6 is 27.7 Å². The highest BCUT2D eigenvalue weighted by molar-refractivity contribution is 9.10. The van der Waals surface area contributed by atoms with Crippen LogP contribution in [0.4, 0.5) is 0 Å². The lowest BCUT2D eigenvalue weighted by molar-refractivity contribution is 0.353. The van der Waals surface area contributed by atoms with Crippen molar-refractivity contribution in [1.29, 1.82) is 0 Å². The Labute approximate surface area is 118 Å². The van der Waals surface area contributed by atoms with E-state index in [9.17, 15) is 0 Å². The number of aromatic nitrogens is 2. The minimum Gasteiger partial charge on any atom is -0.337 e. The standard InChI is InChI=1S/C12H14BrN3OS/c1-18-7-6-10(14)12-15-11(16-17-12)8-4-2-3-5-9(8)13/h2-5,10H,6-7,14H2,1H3/t10-/m1/s1. The zero-order chi connectivity index (χ0) is 13.0. The Bertz CT molecular complexity index is 518. The van der Waals surface area contributed by atoms with E-state index in [-0.39, 0.29) is 6.04 Å². The van der Waals surface area contributed by atoms with Gasteiger partial charge in [-0.05, 0) is 30.6 Å². The molecule has 2 rings (SSSR count). The molecule has 0 spiro atoms. The maximum absolute atomic E-state index is 5.99. The SMILES string of the molecule is CSCC[C@@H](N)c1nc(-c2ccccc2Br)no1. The van der Waals surface area contributed by atoms with E-state index in [4.69, 9.17) is 10.3 Å². The highest BCUT2D eigenvalue weighted by Crippen LogP contribution is 2.26. The zero-order valence-electron chi connectivity index (χ0n) is 9.97. The molecule has 0 aliphatic heterocycles. The maximum atomic E-state index is 5.99. The van der Waals surface area contributed by atoms with Crippen molar-refractivity contribution in [2.45, 2.75) is 12.5 Å². The Morgan fingerprint density at radius 1 is 1.44 bits per heavy atom. The summed E-state index contributed by atoms with van der Waals surface area (Å²) in [5.41, 5.74) is 6.90. The van der Waals surface area contributed by atoms with Crippen LogP contribution in [0.25, 0.3) is 11.4 Å². The largest absolute Gasteiger partial charge is 0.337 e. The van der Waals surface area contributed by atoms with Crippen LogP contribution in [0.3, 0.4) is 0 Å². The first-order chi connectivity index (χ1) is 8.72. The Morgan fingerprint density at radius 3 is 2.94 bits per heavy atom. The average Bonchev–Trinajstić information content (AvgIpc) is 2.86. The highest BCUT2D eigenvalue weighted by Gasteiger charge is 2.16. The predicted octanol–water partition coefficient (Wildman–Crippen LogP) is 3.25. The van der Waals surface area contributed by atoms with E-state index in [1.165, 1.54) is 0 Å². The molecule has 0 aliphatic rings. The Morgan fingerprint density at radius 2 is 2.22 bits per heavy atom. The summed E-state index contributed by atoms with van der Waals surface area (Å²) in [6.45, 7) is 0. The Balaban J connectivity index is 2.18. The van der Waals surface area contributed by atoms with E-state index in [1.54, 1.807) is 11.8 Å². The summed E-state index contributed by atoms with van der Waals surface area (Å²) in [4.78, 5) is 4.35. The van der Waals surface area contributed by atoms with Gasteiger partial charge >= 0.3 is 0 Å². The fraction of sp³-hybridized carbons (Fsp3) is 0.333. The first-order valence-corrected chi connectivity index (χ1v) is 7.74. The molecule has 18 heavy (non-hydrogen) atoms. The second kappa shape index (κ2) is 6.36. The average molecular weight is 328 g/mol. The maximum Gasteiger partial charge on any atom is 0.243 e. The van der Waals surface area contributed by atoms with E-state index < -0.39 is 0 Å². The van der Waals surface area contributed by atoms with Gasteiger partial charge in [-0.15, -0.1) is 0 Å². The summed E-state index contributed by atoms with van der Waals surface area (Å²) in [5, 5.41) is 3.97. The van der Waals surface area contributed by atoms with Crippen LogP contribution in [0.2, 0.25) is 0 Å². The molecule has 1 aromatic heterocycles. The van der Waals surface area contributed by atoms with Crippen molar-refractivity contribution in [3.05, 3.63) is 34.6 Å². The van der Waals surface area contributed by atoms with Crippen molar-refractivity contribution >= 4 is 27.7 Å². The van der Waals surface area contributed by atoms with Gasteiger partial charge in [0.05, 0.1) is 6.04 Å². The zero-order valence-corrected chi connectivity index (χ0v) is 12.4. The fourth-order valence-corrected chi connectivity index (χ4v) is 2.46. The van der Waals surface area contributed by atoms with Crippen LogP contribution in [0.5, 0.6) is 0 Å². The number of halogens is 1. The van der Waals surface area contributed by atoms with Crippen LogP contribution in [0.1, 0.15) is 18.4 Å². The molecule has 0 unspecified atom stereocenters. The van der Waals surface area contributed by atoms with Crippen LogP contribution in [-0.2, 0) is 0 Å². The molecule has 0 saturated carbocycles. The summed E-state index contributed by atoms with van der Waals surface area (Å²) >= 11 is 5.22. The second-order valence-electron chi connectivity index (χ2n) is 3.82. The van der Waals surface area contributed by atoms with Gasteiger partial charge in [0, 0.05) is 10.0 Å². The Hall–Kier alpha value is -0.850. The van der Waals surface area contributed by atoms with Crippen molar-refractivity contribution < 1.29 is 4.52 Å². The molecule has 0 saturated heterocycles. The lowest BCUT2D eigenvalue weighted by Crippen LogP contribution is -2.11. The van der Waals surface area contributed by atoms with E-state index in [1.807, 2.05) is 30.5 Å². The van der Waals surface area contributed by atoms with Crippen molar-refractivity contribution in [2.75, 3.05) is 12.0 Å². The molecule has 0 amide bonds. The summed E-state index contributed by atoms with van der Waals surface area (Å²) in [6, 6.07) is 7.56. The monoisotopic (exact) mass is 327 g/mol. The molecule has 1 aromatic carbocycles. The lowest BCUT2D eigenvalue weighted by Gasteiger charge is -2.03. The molecule has 2 aromatic rings. The Kier molecular flexibility index (Phi) is 4.79. The molecule has 0 bridgehead atoms. The smallest absolute Gasteiger partial charge is 0.243 e. The number of thioether (sulfide) groups is 1. The van der Waals surface area contributed by atoms with E-state index in [2.05, 4.69) is 26.1 Å². The van der Waals surface area contributed by atoms with Gasteiger partial charge < -0.3 is 10.3 Å². The summed E-state index contributed by atoms with van der Waals surface area (Å²) in [5.74, 6) is 2.04. The third-order valence-electron chi connectivity index (χ3n) is 2.51. The van der Waals surface area contributed by atoms with E-state index in [0.717, 1.165) is 22.2 Å². The summed E-state index contributed by atoms with van der Waals surface area (Å²) in [6.07, 6.45) is 2.88. The number of benzene rings is 1. The van der Waals surface area contributed by atoms with Gasteiger partial charge in [0.1, 0.15) is 0 Å². The minimum atomic E-state index is -0.193. The molecule has 1 heterocycles. The molecule has 0 fully saturated rings. The number of nitrogens with two attached hydrogens (primary N) is 1. The van der Waals surface area contributed by atoms with Crippen LogP contribution < -0.4 is 5.73 Å². The molecule has 1 atom stereocenters. The molecule has 0 aliphatic carbocycles. The van der Waals surface area contributed by atoms with Crippen molar-refractivity contribution in [1.82, 2.24) is 10.1 Å². The number of nitrogens with zero attached hydrogens (tertiary/aromatic N) is 2. The summed E-state index contributed by atoms with van der Waals surface area (Å²) in [7, 11) is 0. The number of rotatable bonds is 5. The van der Waals surface area contributed by atoms with Crippen LogP contribution in [0.15, 0.2) is 33.3 Å². The van der Waals surface area contributed by atoms with Crippen LogP contribution in [0, 0.1) is 0 Å². The minimum absolute atomic E-state index is 0.193. The molecule has 0 radical (unpaired) electrons.